The largest absolute Gasteiger partial charge is 0.480 e. The number of carboxylic acids is 1. The predicted octanol–water partition coefficient (Wildman–Crippen LogP) is 3.06. The number of rotatable bonds is 7. The summed E-state index contributed by atoms with van der Waals surface area (Å²) in [5.41, 5.74) is -1.04. The number of anilines is 1. The lowest BCUT2D eigenvalue weighted by Gasteiger charge is -2.33. The van der Waals surface area contributed by atoms with Crippen molar-refractivity contribution < 1.29 is 32.7 Å². The SMILES string of the molecule is CCC(NC(=O)C(C(C)C)N(C(C)=O)c1cccc(C(F)(F)F)c1)C(=O)O. The third kappa shape index (κ3) is 5.70. The number of alkyl halides is 3. The predicted molar refractivity (Wildman–Crippen MR) is 93.1 cm³/mol. The lowest BCUT2D eigenvalue weighted by atomic mass is 9.99. The van der Waals surface area contributed by atoms with Crippen LogP contribution in [-0.2, 0) is 20.6 Å². The summed E-state index contributed by atoms with van der Waals surface area (Å²) in [6, 6.07) is 1.78. The zero-order valence-corrected chi connectivity index (χ0v) is 15.5. The van der Waals surface area contributed by atoms with Crippen molar-refractivity contribution in [2.75, 3.05) is 4.90 Å². The van der Waals surface area contributed by atoms with Gasteiger partial charge in [0.05, 0.1) is 5.56 Å². The average molecular weight is 388 g/mol. The van der Waals surface area contributed by atoms with Gasteiger partial charge in [0.15, 0.2) is 0 Å². The molecule has 1 aromatic rings. The maximum Gasteiger partial charge on any atom is 0.416 e. The second-order valence-corrected chi connectivity index (χ2v) is 6.43. The Labute approximate surface area is 155 Å². The van der Waals surface area contributed by atoms with Crippen molar-refractivity contribution in [1.29, 1.82) is 0 Å². The van der Waals surface area contributed by atoms with Crippen LogP contribution >= 0.6 is 0 Å². The standard InChI is InChI=1S/C18H23F3N2O4/c1-5-14(17(26)27)22-16(25)15(10(2)3)23(11(4)24)13-8-6-7-12(9-13)18(19,20)21/h6-10,14-15H,5H2,1-4H3,(H,22,25)(H,26,27). The van der Waals surface area contributed by atoms with Gasteiger partial charge in [-0.25, -0.2) is 4.79 Å². The van der Waals surface area contributed by atoms with Crippen LogP contribution in [0.1, 0.15) is 39.7 Å². The van der Waals surface area contributed by atoms with E-state index in [4.69, 9.17) is 5.11 Å². The molecule has 0 aromatic heterocycles. The highest BCUT2D eigenvalue weighted by Crippen LogP contribution is 2.32. The van der Waals surface area contributed by atoms with Gasteiger partial charge < -0.3 is 10.4 Å². The number of aliphatic carboxylic acids is 1. The summed E-state index contributed by atoms with van der Waals surface area (Å²) in [6.45, 7) is 5.95. The molecule has 2 amide bonds. The number of nitrogens with zero attached hydrogens (tertiary/aromatic N) is 1. The minimum absolute atomic E-state index is 0.0884. The molecule has 6 nitrogen and oxygen atoms in total. The lowest BCUT2D eigenvalue weighted by Crippen LogP contribution is -2.55. The molecule has 2 unspecified atom stereocenters. The molecule has 9 heteroatoms. The Morgan fingerprint density at radius 3 is 2.22 bits per heavy atom. The lowest BCUT2D eigenvalue weighted by molar-refractivity contribution is -0.142. The molecule has 0 heterocycles. The first-order valence-electron chi connectivity index (χ1n) is 8.40. The highest BCUT2D eigenvalue weighted by atomic mass is 19.4. The second-order valence-electron chi connectivity index (χ2n) is 6.43. The molecule has 0 saturated heterocycles. The van der Waals surface area contributed by atoms with E-state index in [1.165, 1.54) is 6.07 Å². The quantitative estimate of drug-likeness (QED) is 0.752. The number of halogens is 3. The molecule has 0 spiro atoms. The fraction of sp³-hybridized carbons (Fsp3) is 0.500. The molecule has 2 atom stereocenters. The topological polar surface area (TPSA) is 86.7 Å². The fourth-order valence-corrected chi connectivity index (χ4v) is 2.68. The number of hydrogen-bond donors (Lipinski definition) is 2. The van der Waals surface area contributed by atoms with Crippen molar-refractivity contribution in [3.8, 4) is 0 Å². The van der Waals surface area contributed by atoms with Crippen molar-refractivity contribution >= 4 is 23.5 Å². The number of carboxylic acid groups (broad SMARTS) is 1. The van der Waals surface area contributed by atoms with Crippen LogP contribution in [0.25, 0.3) is 0 Å². The van der Waals surface area contributed by atoms with Gasteiger partial charge in [-0.1, -0.05) is 26.8 Å². The van der Waals surface area contributed by atoms with Crippen LogP contribution in [0, 0.1) is 5.92 Å². The molecule has 0 fully saturated rings. The highest BCUT2D eigenvalue weighted by Gasteiger charge is 2.36. The molecule has 0 aliphatic carbocycles. The highest BCUT2D eigenvalue weighted by molar-refractivity contribution is 6.00. The Bertz CT molecular complexity index is 704. The van der Waals surface area contributed by atoms with E-state index in [9.17, 15) is 27.6 Å². The summed E-state index contributed by atoms with van der Waals surface area (Å²) in [4.78, 5) is 37.0. The van der Waals surface area contributed by atoms with Gasteiger partial charge in [-0.2, -0.15) is 13.2 Å². The van der Waals surface area contributed by atoms with Crippen LogP contribution in [0.4, 0.5) is 18.9 Å². The molecule has 1 rings (SSSR count). The Morgan fingerprint density at radius 1 is 1.22 bits per heavy atom. The van der Waals surface area contributed by atoms with Gasteiger partial charge in [-0.15, -0.1) is 0 Å². The summed E-state index contributed by atoms with van der Waals surface area (Å²) < 4.78 is 39.0. The van der Waals surface area contributed by atoms with Gasteiger partial charge in [0.25, 0.3) is 0 Å². The van der Waals surface area contributed by atoms with E-state index in [-0.39, 0.29) is 12.1 Å². The smallest absolute Gasteiger partial charge is 0.416 e. The normalized spacial score (nSPS) is 13.8. The maximum atomic E-state index is 13.0. The molecule has 150 valence electrons. The third-order valence-electron chi connectivity index (χ3n) is 3.99. The number of carbonyl (C=O) groups excluding carboxylic acids is 2. The van der Waals surface area contributed by atoms with Crippen LogP contribution in [0.5, 0.6) is 0 Å². The zero-order chi connectivity index (χ0) is 20.9. The molecular formula is C18H23F3N2O4. The molecule has 0 aliphatic heterocycles. The van der Waals surface area contributed by atoms with E-state index in [1.807, 2.05) is 0 Å². The van der Waals surface area contributed by atoms with Crippen molar-refractivity contribution in [2.45, 2.75) is 52.4 Å². The average Bonchev–Trinajstić information content (AvgIpc) is 2.55. The van der Waals surface area contributed by atoms with Crippen molar-refractivity contribution in [1.82, 2.24) is 5.32 Å². The summed E-state index contributed by atoms with van der Waals surface area (Å²) in [5.74, 6) is -3.09. The fourth-order valence-electron chi connectivity index (χ4n) is 2.68. The van der Waals surface area contributed by atoms with Crippen molar-refractivity contribution in [3.05, 3.63) is 29.8 Å². The van der Waals surface area contributed by atoms with Gasteiger partial charge in [-0.3, -0.25) is 14.5 Å². The summed E-state index contributed by atoms with van der Waals surface area (Å²) >= 11 is 0. The first-order chi connectivity index (χ1) is 12.4. The van der Waals surface area contributed by atoms with Crippen molar-refractivity contribution in [3.63, 3.8) is 0 Å². The minimum Gasteiger partial charge on any atom is -0.480 e. The summed E-state index contributed by atoms with van der Waals surface area (Å²) in [5, 5.41) is 11.5. The van der Waals surface area contributed by atoms with Crippen molar-refractivity contribution in [2.24, 2.45) is 5.92 Å². The first-order valence-corrected chi connectivity index (χ1v) is 8.40. The van der Waals surface area contributed by atoms with Crippen LogP contribution in [0.2, 0.25) is 0 Å². The van der Waals surface area contributed by atoms with Crippen LogP contribution in [-0.4, -0.2) is 35.0 Å². The van der Waals surface area contributed by atoms with Gasteiger partial charge in [-0.05, 0) is 30.5 Å². The Hall–Kier alpha value is -2.58. The summed E-state index contributed by atoms with van der Waals surface area (Å²) in [6.07, 6.45) is -4.49. The molecule has 27 heavy (non-hydrogen) atoms. The van der Waals surface area contributed by atoms with Gasteiger partial charge in [0, 0.05) is 12.6 Å². The third-order valence-corrected chi connectivity index (χ3v) is 3.99. The van der Waals surface area contributed by atoms with E-state index in [0.29, 0.717) is 0 Å². The number of carbonyl (C=O) groups is 3. The summed E-state index contributed by atoms with van der Waals surface area (Å²) in [7, 11) is 0. The number of amides is 2. The maximum absolute atomic E-state index is 13.0. The first kappa shape index (κ1) is 22.5. The second kappa shape index (κ2) is 8.88. The van der Waals surface area contributed by atoms with E-state index < -0.39 is 47.5 Å². The van der Waals surface area contributed by atoms with E-state index in [1.54, 1.807) is 20.8 Å². The van der Waals surface area contributed by atoms with Crippen LogP contribution in [0.3, 0.4) is 0 Å². The zero-order valence-electron chi connectivity index (χ0n) is 15.5. The number of hydrogen-bond acceptors (Lipinski definition) is 3. The Kier molecular flexibility index (Phi) is 7.38. The van der Waals surface area contributed by atoms with Crippen LogP contribution in [0.15, 0.2) is 24.3 Å². The van der Waals surface area contributed by atoms with E-state index >= 15 is 0 Å². The monoisotopic (exact) mass is 388 g/mol. The molecule has 0 bridgehead atoms. The van der Waals surface area contributed by atoms with Gasteiger partial charge in [0.2, 0.25) is 11.8 Å². The molecule has 2 N–H and O–H groups in total. The van der Waals surface area contributed by atoms with Crippen LogP contribution < -0.4 is 10.2 Å². The van der Waals surface area contributed by atoms with E-state index in [2.05, 4.69) is 5.32 Å². The Morgan fingerprint density at radius 2 is 1.81 bits per heavy atom. The number of nitrogens with one attached hydrogen (secondary N) is 1. The number of benzene rings is 1. The molecule has 0 aliphatic rings. The Balaban J connectivity index is 3.34. The van der Waals surface area contributed by atoms with Gasteiger partial charge >= 0.3 is 12.1 Å². The molecule has 0 saturated carbocycles. The molecular weight excluding hydrogens is 365 g/mol. The van der Waals surface area contributed by atoms with E-state index in [0.717, 1.165) is 30.0 Å². The van der Waals surface area contributed by atoms with Gasteiger partial charge in [0.1, 0.15) is 12.1 Å². The minimum atomic E-state index is -4.61. The molecule has 0 radical (unpaired) electrons. The molecule has 1 aromatic carbocycles.